The van der Waals surface area contributed by atoms with Gasteiger partial charge in [-0.1, -0.05) is 6.07 Å². The van der Waals surface area contributed by atoms with Crippen molar-refractivity contribution in [2.75, 3.05) is 48.7 Å². The third kappa shape index (κ3) is 4.84. The second kappa shape index (κ2) is 8.91. The molecule has 0 radical (unpaired) electrons. The van der Waals surface area contributed by atoms with Crippen LogP contribution in [-0.4, -0.2) is 64.8 Å². The number of anilines is 2. The second-order valence-electron chi connectivity index (χ2n) is 7.23. The summed E-state index contributed by atoms with van der Waals surface area (Å²) >= 11 is 0. The lowest BCUT2D eigenvalue weighted by Crippen LogP contribution is -2.55. The van der Waals surface area contributed by atoms with Crippen LogP contribution in [-0.2, 0) is 14.8 Å². The summed E-state index contributed by atoms with van der Waals surface area (Å²) in [7, 11) is -2.20. The van der Waals surface area contributed by atoms with E-state index < -0.39 is 16.1 Å². The van der Waals surface area contributed by atoms with Crippen LogP contribution in [0.5, 0.6) is 5.75 Å². The third-order valence-electron chi connectivity index (χ3n) is 5.16. The van der Waals surface area contributed by atoms with Crippen LogP contribution in [0, 0.1) is 5.82 Å². The lowest BCUT2D eigenvalue weighted by Gasteiger charge is -2.39. The standard InChI is InChI=1S/C21H26FN3O4S/c1-16(25(30(3,27)28)19-5-4-6-20(15-19)29-2)21(26)24-13-11-23(12-14-24)18-9-7-17(22)8-10-18/h4-10,15-16H,11-14H2,1-3H3/t16-/m1/s1. The van der Waals surface area contributed by atoms with Crippen molar-refractivity contribution in [3.63, 3.8) is 0 Å². The van der Waals surface area contributed by atoms with E-state index in [2.05, 4.69) is 4.90 Å². The van der Waals surface area contributed by atoms with Crippen LogP contribution in [0.15, 0.2) is 48.5 Å². The third-order valence-corrected chi connectivity index (χ3v) is 6.40. The molecule has 7 nitrogen and oxygen atoms in total. The van der Waals surface area contributed by atoms with Crippen molar-refractivity contribution >= 4 is 27.3 Å². The van der Waals surface area contributed by atoms with Crippen LogP contribution in [0.3, 0.4) is 0 Å². The summed E-state index contributed by atoms with van der Waals surface area (Å²) in [5.74, 6) is -0.0458. The minimum atomic E-state index is -3.70. The molecule has 3 rings (SSSR count). The van der Waals surface area contributed by atoms with Crippen LogP contribution in [0.2, 0.25) is 0 Å². The average Bonchev–Trinajstić information content (AvgIpc) is 2.73. The van der Waals surface area contributed by atoms with Crippen LogP contribution in [0.1, 0.15) is 6.92 Å². The van der Waals surface area contributed by atoms with Crippen molar-refractivity contribution in [1.29, 1.82) is 0 Å². The normalized spacial score (nSPS) is 15.6. The number of nitrogens with zero attached hydrogens (tertiary/aromatic N) is 3. The van der Waals surface area contributed by atoms with Gasteiger partial charge in [0, 0.05) is 37.9 Å². The fourth-order valence-electron chi connectivity index (χ4n) is 3.65. The maximum Gasteiger partial charge on any atom is 0.246 e. The molecule has 0 unspecified atom stereocenters. The zero-order valence-corrected chi connectivity index (χ0v) is 18.1. The number of carbonyl (C=O) groups is 1. The SMILES string of the molecule is COc1cccc(N([C@H](C)C(=O)N2CCN(c3ccc(F)cc3)CC2)S(C)(=O)=O)c1. The molecule has 0 spiro atoms. The fraction of sp³-hybridized carbons (Fsp3) is 0.381. The maximum absolute atomic E-state index is 13.1. The Bertz CT molecular complexity index is 990. The molecule has 0 bridgehead atoms. The largest absolute Gasteiger partial charge is 0.497 e. The molecule has 1 aliphatic rings. The van der Waals surface area contributed by atoms with Crippen LogP contribution >= 0.6 is 0 Å². The van der Waals surface area contributed by atoms with Gasteiger partial charge < -0.3 is 14.5 Å². The van der Waals surface area contributed by atoms with Crippen LogP contribution in [0.4, 0.5) is 15.8 Å². The first kappa shape index (κ1) is 21.9. The van der Waals surface area contributed by atoms with E-state index in [1.807, 2.05) is 0 Å². The molecule has 0 N–H and O–H groups in total. The number of piperazine rings is 1. The molecule has 9 heteroatoms. The van der Waals surface area contributed by atoms with Crippen LogP contribution < -0.4 is 13.9 Å². The highest BCUT2D eigenvalue weighted by molar-refractivity contribution is 7.92. The number of hydrogen-bond acceptors (Lipinski definition) is 5. The second-order valence-corrected chi connectivity index (χ2v) is 9.08. The number of benzene rings is 2. The molecule has 162 valence electrons. The number of methoxy groups -OCH3 is 1. The summed E-state index contributed by atoms with van der Waals surface area (Å²) < 4.78 is 44.5. The van der Waals surface area contributed by atoms with Gasteiger partial charge in [-0.2, -0.15) is 0 Å². The Hall–Kier alpha value is -2.81. The van der Waals surface area contributed by atoms with Crippen molar-refractivity contribution in [1.82, 2.24) is 4.90 Å². The number of carbonyl (C=O) groups excluding carboxylic acids is 1. The molecular formula is C21H26FN3O4S. The summed E-state index contributed by atoms with van der Waals surface area (Å²) in [6, 6.07) is 12.0. The van der Waals surface area contributed by atoms with E-state index in [0.717, 1.165) is 16.2 Å². The molecular weight excluding hydrogens is 409 g/mol. The number of halogens is 1. The molecule has 0 aliphatic carbocycles. The van der Waals surface area contributed by atoms with E-state index in [1.54, 1.807) is 48.2 Å². The summed E-state index contributed by atoms with van der Waals surface area (Å²) in [6.07, 6.45) is 1.09. The number of amides is 1. The van der Waals surface area contributed by atoms with Gasteiger partial charge in [0.05, 0.1) is 19.1 Å². The molecule has 1 aliphatic heterocycles. The highest BCUT2D eigenvalue weighted by Gasteiger charge is 2.33. The molecule has 1 saturated heterocycles. The highest BCUT2D eigenvalue weighted by atomic mass is 32.2. The molecule has 2 aromatic rings. The summed E-state index contributed by atoms with van der Waals surface area (Å²) in [6.45, 7) is 3.67. The van der Waals surface area contributed by atoms with Gasteiger partial charge in [0.1, 0.15) is 17.6 Å². The van der Waals surface area contributed by atoms with E-state index in [4.69, 9.17) is 4.74 Å². The smallest absolute Gasteiger partial charge is 0.246 e. The van der Waals surface area contributed by atoms with Gasteiger partial charge in [-0.3, -0.25) is 9.10 Å². The predicted molar refractivity (Wildman–Crippen MR) is 115 cm³/mol. The van der Waals surface area contributed by atoms with Gasteiger partial charge in [-0.15, -0.1) is 0 Å². The first-order chi connectivity index (χ1) is 14.2. The number of rotatable bonds is 6. The Balaban J connectivity index is 1.73. The monoisotopic (exact) mass is 435 g/mol. The summed E-state index contributed by atoms with van der Waals surface area (Å²) in [5, 5.41) is 0. The zero-order valence-electron chi connectivity index (χ0n) is 17.3. The first-order valence-electron chi connectivity index (χ1n) is 9.63. The Labute approximate surface area is 176 Å². The van der Waals surface area contributed by atoms with Crippen molar-refractivity contribution in [3.05, 3.63) is 54.3 Å². The predicted octanol–water partition coefficient (Wildman–Crippen LogP) is 2.34. The maximum atomic E-state index is 13.1. The number of ether oxygens (including phenoxy) is 1. The molecule has 0 saturated carbocycles. The van der Waals surface area contributed by atoms with Crippen LogP contribution in [0.25, 0.3) is 0 Å². The molecule has 2 aromatic carbocycles. The topological polar surface area (TPSA) is 70.2 Å². The molecule has 1 fully saturated rings. The fourth-order valence-corrected chi connectivity index (χ4v) is 4.81. The summed E-state index contributed by atoms with van der Waals surface area (Å²) in [5.41, 5.74) is 1.27. The van der Waals surface area contributed by atoms with Gasteiger partial charge in [-0.05, 0) is 43.3 Å². The Morgan fingerprint density at radius 2 is 1.73 bits per heavy atom. The Kier molecular flexibility index (Phi) is 6.50. The van der Waals surface area contributed by atoms with E-state index in [1.165, 1.54) is 19.2 Å². The van der Waals surface area contributed by atoms with Crippen molar-refractivity contribution in [3.8, 4) is 5.75 Å². The number of sulfonamides is 1. The first-order valence-corrected chi connectivity index (χ1v) is 11.5. The van der Waals surface area contributed by atoms with E-state index in [-0.39, 0.29) is 11.7 Å². The van der Waals surface area contributed by atoms with E-state index >= 15 is 0 Å². The lowest BCUT2D eigenvalue weighted by molar-refractivity contribution is -0.132. The minimum absolute atomic E-state index is 0.262. The van der Waals surface area contributed by atoms with Crippen molar-refractivity contribution < 1.29 is 22.3 Å². The van der Waals surface area contributed by atoms with Gasteiger partial charge in [0.2, 0.25) is 15.9 Å². The highest BCUT2D eigenvalue weighted by Crippen LogP contribution is 2.26. The molecule has 1 heterocycles. The zero-order chi connectivity index (χ0) is 21.9. The van der Waals surface area contributed by atoms with Gasteiger partial charge in [-0.25, -0.2) is 12.8 Å². The number of hydrogen-bond donors (Lipinski definition) is 0. The van der Waals surface area contributed by atoms with E-state index in [9.17, 15) is 17.6 Å². The Morgan fingerprint density at radius 3 is 2.30 bits per heavy atom. The molecule has 0 aromatic heterocycles. The van der Waals surface area contributed by atoms with Gasteiger partial charge in [0.15, 0.2) is 0 Å². The average molecular weight is 436 g/mol. The van der Waals surface area contributed by atoms with Gasteiger partial charge in [0.25, 0.3) is 0 Å². The molecule has 1 amide bonds. The molecule has 1 atom stereocenters. The van der Waals surface area contributed by atoms with Crippen molar-refractivity contribution in [2.24, 2.45) is 0 Å². The quantitative estimate of drug-likeness (QED) is 0.697. The Morgan fingerprint density at radius 1 is 1.10 bits per heavy atom. The lowest BCUT2D eigenvalue weighted by atomic mass is 10.2. The molecule has 30 heavy (non-hydrogen) atoms. The van der Waals surface area contributed by atoms with Crippen molar-refractivity contribution in [2.45, 2.75) is 13.0 Å². The minimum Gasteiger partial charge on any atom is -0.497 e. The summed E-state index contributed by atoms with van der Waals surface area (Å²) in [4.78, 5) is 16.9. The van der Waals surface area contributed by atoms with Gasteiger partial charge >= 0.3 is 0 Å². The van der Waals surface area contributed by atoms with E-state index in [0.29, 0.717) is 37.6 Å².